The molecule has 1 aromatic carbocycles. The van der Waals surface area contributed by atoms with E-state index in [0.717, 1.165) is 0 Å². The molecule has 0 saturated carbocycles. The third-order valence-corrected chi connectivity index (χ3v) is 5.78. The van der Waals surface area contributed by atoms with Crippen molar-refractivity contribution >= 4 is 28.1 Å². The molecule has 1 aliphatic rings. The molecule has 0 radical (unpaired) electrons. The van der Waals surface area contributed by atoms with Gasteiger partial charge in [0.15, 0.2) is 12.0 Å². The second kappa shape index (κ2) is 9.65. The van der Waals surface area contributed by atoms with E-state index in [1.807, 2.05) is 20.0 Å². The third-order valence-electron chi connectivity index (χ3n) is 5.78. The van der Waals surface area contributed by atoms with E-state index in [-0.39, 0.29) is 11.8 Å². The van der Waals surface area contributed by atoms with Crippen LogP contribution >= 0.6 is 0 Å². The van der Waals surface area contributed by atoms with Crippen LogP contribution in [0, 0.1) is 23.1 Å². The minimum atomic E-state index is -0.523. The number of aromatic nitrogens is 4. The lowest BCUT2D eigenvalue weighted by molar-refractivity contribution is 0.0954. The topological polar surface area (TPSA) is 121 Å². The van der Waals surface area contributed by atoms with Crippen LogP contribution in [0.1, 0.15) is 30.8 Å². The highest BCUT2D eigenvalue weighted by molar-refractivity contribution is 6.02. The molecule has 0 fully saturated rings. The van der Waals surface area contributed by atoms with Crippen molar-refractivity contribution in [3.05, 3.63) is 71.7 Å². The van der Waals surface area contributed by atoms with Crippen molar-refractivity contribution in [3.8, 4) is 23.1 Å². The Labute approximate surface area is 207 Å². The maximum Gasteiger partial charge on any atom is 0.171 e. The smallest absolute Gasteiger partial charge is 0.171 e. The Kier molecular flexibility index (Phi) is 6.25. The molecule has 1 aliphatic heterocycles. The maximum absolute atomic E-state index is 14.5. The van der Waals surface area contributed by atoms with Gasteiger partial charge in [-0.25, -0.2) is 24.2 Å². The number of nitrogens with zero attached hydrogens (tertiary/aromatic N) is 4. The minimum Gasteiger partial charge on any atom is -0.342 e. The fourth-order valence-corrected chi connectivity index (χ4v) is 3.82. The van der Waals surface area contributed by atoms with Gasteiger partial charge in [0.2, 0.25) is 0 Å². The van der Waals surface area contributed by atoms with Crippen molar-refractivity contribution in [1.82, 2.24) is 25.3 Å². The number of pyridine rings is 2. The Bertz CT molecular complexity index is 1540. The lowest BCUT2D eigenvalue weighted by atomic mass is 10.1. The Morgan fingerprint density at radius 3 is 2.86 bits per heavy atom. The van der Waals surface area contributed by atoms with Gasteiger partial charge in [-0.2, -0.15) is 0 Å². The van der Waals surface area contributed by atoms with Gasteiger partial charge in [0, 0.05) is 22.7 Å². The minimum absolute atomic E-state index is 0.109. The summed E-state index contributed by atoms with van der Waals surface area (Å²) in [5, 5.41) is 15.2. The van der Waals surface area contributed by atoms with Crippen molar-refractivity contribution in [2.75, 3.05) is 17.8 Å². The van der Waals surface area contributed by atoms with Crippen molar-refractivity contribution in [3.63, 3.8) is 0 Å². The third kappa shape index (κ3) is 4.57. The summed E-state index contributed by atoms with van der Waals surface area (Å²) in [6.07, 6.45) is 2.44. The van der Waals surface area contributed by atoms with Crippen LogP contribution in [0.25, 0.3) is 22.2 Å². The van der Waals surface area contributed by atoms with Gasteiger partial charge in [0.25, 0.3) is 0 Å². The molecule has 3 aromatic heterocycles. The van der Waals surface area contributed by atoms with Crippen molar-refractivity contribution in [2.45, 2.75) is 26.1 Å². The number of fused-ring (bicyclic) bond motifs is 5. The molecule has 180 valence electrons. The van der Waals surface area contributed by atoms with Crippen LogP contribution in [0.3, 0.4) is 0 Å². The van der Waals surface area contributed by atoms with E-state index in [1.165, 1.54) is 12.4 Å². The molecule has 5 rings (SSSR count). The average Bonchev–Trinajstić information content (AvgIpc) is 2.93. The molecule has 9 nitrogen and oxygen atoms in total. The molecule has 0 amide bonds. The molecule has 4 heterocycles. The number of rotatable bonds is 3. The lowest BCUT2D eigenvalue weighted by Crippen LogP contribution is -2.43. The van der Waals surface area contributed by atoms with E-state index < -0.39 is 12.0 Å². The van der Waals surface area contributed by atoms with E-state index in [9.17, 15) is 4.39 Å². The summed E-state index contributed by atoms with van der Waals surface area (Å²) >= 11 is 0. The summed E-state index contributed by atoms with van der Waals surface area (Å²) in [5.74, 6) is 6.16. The molecule has 4 N–H and O–H groups in total. The van der Waals surface area contributed by atoms with Crippen LogP contribution in [0.5, 0.6) is 0 Å². The molecule has 36 heavy (non-hydrogen) atoms. The molecule has 2 atom stereocenters. The number of nitrogens with one attached hydrogen (secondary N) is 4. The number of halogens is 1. The quantitative estimate of drug-likeness (QED) is 0.258. The first-order valence-corrected chi connectivity index (χ1v) is 11.3. The molecule has 10 heteroatoms. The molecule has 0 spiro atoms. The summed E-state index contributed by atoms with van der Waals surface area (Å²) in [7, 11) is 1.82. The first-order valence-electron chi connectivity index (χ1n) is 11.3. The molecule has 0 saturated heterocycles. The molecule has 2 bridgehead atoms. The van der Waals surface area contributed by atoms with Crippen molar-refractivity contribution in [2.24, 2.45) is 0 Å². The van der Waals surface area contributed by atoms with E-state index in [1.54, 1.807) is 37.4 Å². The monoisotopic (exact) mass is 482 g/mol. The molecule has 4 aromatic rings. The summed E-state index contributed by atoms with van der Waals surface area (Å²) < 4.78 is 14.5. The van der Waals surface area contributed by atoms with E-state index in [2.05, 4.69) is 47.9 Å². The van der Waals surface area contributed by atoms with Gasteiger partial charge in [-0.15, -0.1) is 0 Å². The van der Waals surface area contributed by atoms with Crippen LogP contribution < -0.4 is 16.1 Å². The molecule has 0 aliphatic carbocycles. The van der Waals surface area contributed by atoms with Gasteiger partial charge in [-0.05, 0) is 57.1 Å². The SMILES string of the molecule is CNC(C)C1Nc2cc(cc(C#Cc3cc(F)c4ncccc4c3)n2)-c2ncnc(C(C)=N)c2NO1. The summed E-state index contributed by atoms with van der Waals surface area (Å²) in [6, 6.07) is 10.2. The van der Waals surface area contributed by atoms with E-state index in [4.69, 9.17) is 10.2 Å². The first-order chi connectivity index (χ1) is 17.4. The zero-order valence-electron chi connectivity index (χ0n) is 19.8. The summed E-state index contributed by atoms with van der Waals surface area (Å²) in [5.41, 5.74) is 6.63. The predicted molar refractivity (Wildman–Crippen MR) is 136 cm³/mol. The normalized spacial score (nSPS) is 15.2. The Balaban J connectivity index is 1.63. The lowest BCUT2D eigenvalue weighted by Gasteiger charge is -2.25. The fraction of sp³-hybridized carbons (Fsp3) is 0.192. The van der Waals surface area contributed by atoms with Crippen LogP contribution in [-0.4, -0.2) is 45.0 Å². The second-order valence-corrected chi connectivity index (χ2v) is 8.34. The van der Waals surface area contributed by atoms with Gasteiger partial charge in [0.05, 0.1) is 17.4 Å². The largest absolute Gasteiger partial charge is 0.342 e. The summed E-state index contributed by atoms with van der Waals surface area (Å²) in [4.78, 5) is 23.4. The number of hydrogen-bond acceptors (Lipinski definition) is 9. The Morgan fingerprint density at radius 2 is 2.06 bits per heavy atom. The second-order valence-electron chi connectivity index (χ2n) is 8.34. The standard InChI is InChI=1S/C26H23FN8O/c1-14(28)22-25-24(32-13-31-22)18-11-19(33-21(12-18)34-26(36-35-25)15(2)29-3)7-6-16-9-17-5-4-8-30-23(17)20(27)10-16/h4-5,8-13,15,26,28-29,35H,1-3H3,(H,33,34). The predicted octanol–water partition coefficient (Wildman–Crippen LogP) is 3.72. The van der Waals surface area contributed by atoms with Crippen LogP contribution in [0.4, 0.5) is 15.9 Å². The molecular weight excluding hydrogens is 459 g/mol. The number of benzene rings is 1. The highest BCUT2D eigenvalue weighted by Gasteiger charge is 2.24. The number of likely N-dealkylation sites (N-methyl/N-ethyl adjacent to an activating group) is 1. The van der Waals surface area contributed by atoms with Gasteiger partial charge < -0.3 is 16.0 Å². The molecule has 2 unspecified atom stereocenters. The van der Waals surface area contributed by atoms with Crippen molar-refractivity contribution in [1.29, 1.82) is 5.41 Å². The highest BCUT2D eigenvalue weighted by Crippen LogP contribution is 2.32. The Morgan fingerprint density at radius 1 is 1.19 bits per heavy atom. The highest BCUT2D eigenvalue weighted by atomic mass is 19.1. The van der Waals surface area contributed by atoms with Crippen molar-refractivity contribution < 1.29 is 9.23 Å². The van der Waals surface area contributed by atoms with Gasteiger partial charge in [-0.3, -0.25) is 10.5 Å². The zero-order valence-corrected chi connectivity index (χ0v) is 19.8. The van der Waals surface area contributed by atoms with Gasteiger partial charge >= 0.3 is 0 Å². The zero-order chi connectivity index (χ0) is 25.2. The van der Waals surface area contributed by atoms with Crippen LogP contribution in [-0.2, 0) is 4.84 Å². The number of hydrogen-bond donors (Lipinski definition) is 4. The Hall–Kier alpha value is -4.46. The van der Waals surface area contributed by atoms with E-state index >= 15 is 0 Å². The number of anilines is 2. The first kappa shape index (κ1) is 23.3. The van der Waals surface area contributed by atoms with E-state index in [0.29, 0.717) is 50.6 Å². The fourth-order valence-electron chi connectivity index (χ4n) is 3.82. The summed E-state index contributed by atoms with van der Waals surface area (Å²) in [6.45, 7) is 3.60. The van der Waals surface area contributed by atoms with Crippen LogP contribution in [0.2, 0.25) is 0 Å². The van der Waals surface area contributed by atoms with Crippen LogP contribution in [0.15, 0.2) is 48.9 Å². The van der Waals surface area contributed by atoms with Gasteiger partial charge in [-0.1, -0.05) is 12.0 Å². The molecular formula is C26H23FN8O. The average molecular weight is 483 g/mol. The van der Waals surface area contributed by atoms with Gasteiger partial charge in [0.1, 0.15) is 34.7 Å². The maximum atomic E-state index is 14.5.